The number of benzene rings is 3. The molecule has 2 N–H and O–H groups in total. The van der Waals surface area contributed by atoms with Crippen LogP contribution >= 0.6 is 0 Å². The van der Waals surface area contributed by atoms with Gasteiger partial charge in [-0.15, -0.1) is 0 Å². The van der Waals surface area contributed by atoms with Crippen LogP contribution in [-0.4, -0.2) is 29.0 Å². The van der Waals surface area contributed by atoms with Crippen molar-refractivity contribution >= 4 is 37.1 Å². The third kappa shape index (κ3) is 5.25. The van der Waals surface area contributed by atoms with Crippen LogP contribution in [0.1, 0.15) is 15.9 Å². The molecule has 3 aromatic carbocycles. The first kappa shape index (κ1) is 21.5. The van der Waals surface area contributed by atoms with Gasteiger partial charge >= 0.3 is 0 Å². The number of anilines is 2. The normalized spacial score (nSPS) is 11.7. The zero-order valence-electron chi connectivity index (χ0n) is 16.3. The van der Waals surface area contributed by atoms with E-state index in [4.69, 9.17) is 0 Å². The predicted molar refractivity (Wildman–Crippen MR) is 116 cm³/mol. The van der Waals surface area contributed by atoms with E-state index < -0.39 is 25.8 Å². The summed E-state index contributed by atoms with van der Waals surface area (Å²) in [6, 6.07) is 18.3. The lowest BCUT2D eigenvalue weighted by atomic mass is 10.2. The second kappa shape index (κ2) is 8.29. The van der Waals surface area contributed by atoms with Crippen molar-refractivity contribution in [3.8, 4) is 0 Å². The van der Waals surface area contributed by atoms with Gasteiger partial charge in [-0.2, -0.15) is 0 Å². The van der Waals surface area contributed by atoms with Crippen LogP contribution in [0, 0.1) is 6.92 Å². The molecule has 0 aliphatic rings. The van der Waals surface area contributed by atoms with Crippen molar-refractivity contribution in [3.63, 3.8) is 0 Å². The van der Waals surface area contributed by atoms with Crippen LogP contribution in [0.5, 0.6) is 0 Å². The summed E-state index contributed by atoms with van der Waals surface area (Å²) in [5, 5.41) is 2.65. The summed E-state index contributed by atoms with van der Waals surface area (Å²) in [5.74, 6) is -0.478. The smallest absolute Gasteiger partial charge is 0.261 e. The Morgan fingerprint density at radius 2 is 1.37 bits per heavy atom. The largest absolute Gasteiger partial charge is 0.322 e. The first-order valence-electron chi connectivity index (χ1n) is 8.86. The van der Waals surface area contributed by atoms with Crippen molar-refractivity contribution in [2.45, 2.75) is 16.7 Å². The maximum absolute atomic E-state index is 12.4. The Labute approximate surface area is 175 Å². The highest BCUT2D eigenvalue weighted by atomic mass is 32.2. The van der Waals surface area contributed by atoms with E-state index in [-0.39, 0.29) is 15.4 Å². The van der Waals surface area contributed by atoms with Gasteiger partial charge in [0.2, 0.25) is 0 Å². The molecule has 0 unspecified atom stereocenters. The fourth-order valence-corrected chi connectivity index (χ4v) is 4.35. The highest BCUT2D eigenvalue weighted by Gasteiger charge is 2.15. The van der Waals surface area contributed by atoms with E-state index in [1.807, 2.05) is 6.92 Å². The van der Waals surface area contributed by atoms with Gasteiger partial charge in [0, 0.05) is 23.2 Å². The zero-order valence-corrected chi connectivity index (χ0v) is 17.9. The third-order valence-electron chi connectivity index (χ3n) is 4.25. The molecule has 0 bridgehead atoms. The predicted octanol–water partition coefficient (Wildman–Crippen LogP) is 3.45. The van der Waals surface area contributed by atoms with E-state index in [0.29, 0.717) is 11.4 Å². The average Bonchev–Trinajstić information content (AvgIpc) is 2.69. The highest BCUT2D eigenvalue weighted by molar-refractivity contribution is 7.92. The van der Waals surface area contributed by atoms with E-state index in [1.54, 1.807) is 24.3 Å². The van der Waals surface area contributed by atoms with Crippen molar-refractivity contribution < 1.29 is 21.6 Å². The Balaban J connectivity index is 1.72. The lowest BCUT2D eigenvalue weighted by molar-refractivity contribution is 0.102. The van der Waals surface area contributed by atoms with Gasteiger partial charge in [0.05, 0.1) is 9.79 Å². The second-order valence-electron chi connectivity index (χ2n) is 6.75. The molecule has 9 heteroatoms. The summed E-state index contributed by atoms with van der Waals surface area (Å²) in [5.41, 5.74) is 1.92. The van der Waals surface area contributed by atoms with E-state index in [0.717, 1.165) is 11.8 Å². The van der Waals surface area contributed by atoms with Gasteiger partial charge in [0.1, 0.15) is 0 Å². The summed E-state index contributed by atoms with van der Waals surface area (Å²) >= 11 is 0. The fourth-order valence-electron chi connectivity index (χ4n) is 2.62. The Morgan fingerprint density at radius 1 is 0.767 bits per heavy atom. The summed E-state index contributed by atoms with van der Waals surface area (Å²) in [6.07, 6.45) is 1.07. The Hall–Kier alpha value is -3.17. The molecular weight excluding hydrogens is 424 g/mol. The molecule has 1 amide bonds. The topological polar surface area (TPSA) is 109 Å². The third-order valence-corrected chi connectivity index (χ3v) is 6.76. The number of nitrogens with one attached hydrogen (secondary N) is 2. The number of aryl methyl sites for hydroxylation is 1. The first-order chi connectivity index (χ1) is 14.0. The van der Waals surface area contributed by atoms with Crippen molar-refractivity contribution in [2.24, 2.45) is 0 Å². The molecule has 7 nitrogen and oxygen atoms in total. The molecule has 3 rings (SSSR count). The number of rotatable bonds is 6. The molecule has 0 aromatic heterocycles. The number of hydrogen-bond donors (Lipinski definition) is 2. The molecule has 156 valence electrons. The molecule has 0 fully saturated rings. The minimum Gasteiger partial charge on any atom is -0.322 e. The molecular formula is C21H20N2O5S2. The van der Waals surface area contributed by atoms with Gasteiger partial charge in [-0.05, 0) is 61.5 Å². The number of hydrogen-bond acceptors (Lipinski definition) is 5. The van der Waals surface area contributed by atoms with Gasteiger partial charge in [0.15, 0.2) is 9.84 Å². The number of carbonyl (C=O) groups is 1. The average molecular weight is 445 g/mol. The minimum absolute atomic E-state index is 0.0519. The van der Waals surface area contributed by atoms with Crippen LogP contribution in [0.2, 0.25) is 0 Å². The molecule has 30 heavy (non-hydrogen) atoms. The summed E-state index contributed by atoms with van der Waals surface area (Å²) < 4.78 is 50.7. The SMILES string of the molecule is Cc1ccc(S(=O)(=O)Nc2ccc(NC(=O)c3cccc(S(C)(=O)=O)c3)cc2)cc1. The quantitative estimate of drug-likeness (QED) is 0.605. The monoisotopic (exact) mass is 444 g/mol. The molecule has 0 aliphatic carbocycles. The molecule has 0 atom stereocenters. The van der Waals surface area contributed by atoms with E-state index >= 15 is 0 Å². The maximum atomic E-state index is 12.4. The lowest BCUT2D eigenvalue weighted by Gasteiger charge is -2.10. The molecule has 0 saturated heterocycles. The van der Waals surface area contributed by atoms with Crippen molar-refractivity contribution in [2.75, 3.05) is 16.3 Å². The fraction of sp³-hybridized carbons (Fsp3) is 0.0952. The van der Waals surface area contributed by atoms with Gasteiger partial charge in [-0.3, -0.25) is 9.52 Å². The maximum Gasteiger partial charge on any atom is 0.261 e. The summed E-state index contributed by atoms with van der Waals surface area (Å²) in [7, 11) is -7.15. The van der Waals surface area contributed by atoms with Crippen LogP contribution in [-0.2, 0) is 19.9 Å². The van der Waals surface area contributed by atoms with Gasteiger partial charge in [-0.25, -0.2) is 16.8 Å². The van der Waals surface area contributed by atoms with E-state index in [2.05, 4.69) is 10.0 Å². The standard InChI is InChI=1S/C21H20N2O5S2/c1-15-6-12-19(13-7-15)30(27,28)23-18-10-8-17(9-11-18)22-21(24)16-4-3-5-20(14-16)29(2,25)26/h3-14,23H,1-2H3,(H,22,24). The van der Waals surface area contributed by atoms with E-state index in [1.165, 1.54) is 48.5 Å². The molecule has 0 spiro atoms. The first-order valence-corrected chi connectivity index (χ1v) is 12.2. The van der Waals surface area contributed by atoms with Crippen LogP contribution in [0.15, 0.2) is 82.6 Å². The van der Waals surface area contributed by atoms with Crippen LogP contribution in [0.4, 0.5) is 11.4 Å². The highest BCUT2D eigenvalue weighted by Crippen LogP contribution is 2.20. The zero-order chi connectivity index (χ0) is 21.9. The van der Waals surface area contributed by atoms with Crippen molar-refractivity contribution in [1.82, 2.24) is 0 Å². The van der Waals surface area contributed by atoms with Crippen molar-refractivity contribution in [1.29, 1.82) is 0 Å². The van der Waals surface area contributed by atoms with Gasteiger partial charge in [0.25, 0.3) is 15.9 Å². The molecule has 0 saturated carbocycles. The minimum atomic E-state index is -3.72. The van der Waals surface area contributed by atoms with Gasteiger partial charge < -0.3 is 5.32 Å². The van der Waals surface area contributed by atoms with Crippen LogP contribution in [0.25, 0.3) is 0 Å². The van der Waals surface area contributed by atoms with Crippen LogP contribution < -0.4 is 10.0 Å². The second-order valence-corrected chi connectivity index (χ2v) is 10.4. The lowest BCUT2D eigenvalue weighted by Crippen LogP contribution is -2.14. The summed E-state index contributed by atoms with van der Waals surface area (Å²) in [6.45, 7) is 1.87. The van der Waals surface area contributed by atoms with Crippen LogP contribution in [0.3, 0.4) is 0 Å². The Kier molecular flexibility index (Phi) is 5.95. The Morgan fingerprint density at radius 3 is 1.97 bits per heavy atom. The molecule has 0 heterocycles. The Bertz CT molecular complexity index is 1280. The number of carbonyl (C=O) groups excluding carboxylic acids is 1. The van der Waals surface area contributed by atoms with Gasteiger partial charge in [-0.1, -0.05) is 23.8 Å². The number of sulfone groups is 1. The molecule has 0 radical (unpaired) electrons. The number of amides is 1. The van der Waals surface area contributed by atoms with E-state index in [9.17, 15) is 21.6 Å². The number of sulfonamides is 1. The molecule has 3 aromatic rings. The molecule has 0 aliphatic heterocycles. The summed E-state index contributed by atoms with van der Waals surface area (Å²) in [4.78, 5) is 12.6. The van der Waals surface area contributed by atoms with Crippen molar-refractivity contribution in [3.05, 3.63) is 83.9 Å².